The number of aliphatic hydroxyl groups excluding tert-OH is 1. The maximum atomic E-state index is 14.3. The summed E-state index contributed by atoms with van der Waals surface area (Å²) in [4.78, 5) is 14.3. The molecule has 3 fully saturated rings. The van der Waals surface area contributed by atoms with Crippen LogP contribution in [0, 0.1) is 34.0 Å². The molecule has 0 saturated heterocycles. The summed E-state index contributed by atoms with van der Waals surface area (Å²) in [6, 6.07) is 20.9. The molecule has 6 nitrogen and oxygen atoms in total. The van der Waals surface area contributed by atoms with Crippen LogP contribution in [-0.4, -0.2) is 58.2 Å². The highest BCUT2D eigenvalue weighted by atomic mass is 28.4. The van der Waals surface area contributed by atoms with Gasteiger partial charge in [-0.25, -0.2) is 4.79 Å². The predicted molar refractivity (Wildman–Crippen MR) is 190 cm³/mol. The normalized spacial score (nSPS) is 35.9. The molecule has 0 radical (unpaired) electrons. The number of benzene rings is 2. The number of carbonyl (C=O) groups excluding carboxylic acids is 1. The highest BCUT2D eigenvalue weighted by Gasteiger charge is 2.68. The summed E-state index contributed by atoms with van der Waals surface area (Å²) in [6.45, 7) is 18.2. The smallest absolute Gasteiger partial charge is 0.331 e. The first-order valence-electron chi connectivity index (χ1n) is 17.9. The zero-order chi connectivity index (χ0) is 34.3. The third-order valence-electron chi connectivity index (χ3n) is 13.3. The zero-order valence-corrected chi connectivity index (χ0v) is 31.4. The fourth-order valence-corrected chi connectivity index (χ4v) is 15.1. The molecule has 2 aromatic carbocycles. The highest BCUT2D eigenvalue weighted by molar-refractivity contribution is 6.99. The van der Waals surface area contributed by atoms with Crippen molar-refractivity contribution in [3.05, 3.63) is 60.7 Å². The van der Waals surface area contributed by atoms with Crippen molar-refractivity contribution in [2.24, 2.45) is 34.0 Å². The molecule has 0 heterocycles. The standard InChI is InChI=1S/C40H60O6Si/c1-10-38(7)25-33(39(8)28(2)21-23-40(24-22-32(41)35(39)40)29(3)36(38)44-27-43-9)46-34(42)26-45-47(37(4,5)6,30-17-13-11-14-18-30)31-19-15-12-16-20-31/h11-20,28-29,32-33,35-36,41H,10,21-27H2,1-9H3/t28-,29+,32?,33-,35?,36?,38-,39+,40+/m1/s1. The van der Waals surface area contributed by atoms with E-state index >= 15 is 0 Å². The van der Waals surface area contributed by atoms with Crippen LogP contribution < -0.4 is 10.4 Å². The van der Waals surface area contributed by atoms with Crippen molar-refractivity contribution < 1.29 is 28.5 Å². The maximum absolute atomic E-state index is 14.3. The van der Waals surface area contributed by atoms with Gasteiger partial charge in [0.05, 0.1) is 12.2 Å². The molecule has 1 N–H and O–H groups in total. The van der Waals surface area contributed by atoms with E-state index < -0.39 is 25.9 Å². The lowest BCUT2D eigenvalue weighted by molar-refractivity contribution is -0.242. The van der Waals surface area contributed by atoms with Gasteiger partial charge in [-0.15, -0.1) is 0 Å². The van der Waals surface area contributed by atoms with E-state index in [0.717, 1.165) is 42.5 Å². The molecule has 0 aromatic heterocycles. The Kier molecular flexibility index (Phi) is 10.6. The molecule has 2 aromatic rings. The van der Waals surface area contributed by atoms with Gasteiger partial charge in [0.1, 0.15) is 19.5 Å². The second kappa shape index (κ2) is 13.7. The molecule has 3 aliphatic rings. The van der Waals surface area contributed by atoms with E-state index in [9.17, 15) is 9.90 Å². The molecular weight excluding hydrogens is 605 g/mol. The molecule has 7 heteroatoms. The molecule has 260 valence electrons. The number of hydrogen-bond donors (Lipinski definition) is 1. The number of aliphatic hydroxyl groups is 1. The molecule has 0 spiro atoms. The molecule has 3 unspecified atom stereocenters. The summed E-state index contributed by atoms with van der Waals surface area (Å²) >= 11 is 0. The van der Waals surface area contributed by atoms with Crippen LogP contribution in [0.5, 0.6) is 0 Å². The Balaban J connectivity index is 1.54. The quantitative estimate of drug-likeness (QED) is 0.166. The highest BCUT2D eigenvalue weighted by Crippen LogP contribution is 2.69. The van der Waals surface area contributed by atoms with Gasteiger partial charge >= 0.3 is 5.97 Å². The van der Waals surface area contributed by atoms with Gasteiger partial charge in [0.2, 0.25) is 0 Å². The molecule has 3 aliphatic carbocycles. The molecule has 3 saturated carbocycles. The van der Waals surface area contributed by atoms with Crippen molar-refractivity contribution in [2.75, 3.05) is 20.5 Å². The Bertz CT molecular complexity index is 1310. The number of rotatable bonds is 10. The number of methoxy groups -OCH3 is 1. The average molecular weight is 665 g/mol. The molecule has 47 heavy (non-hydrogen) atoms. The monoisotopic (exact) mass is 664 g/mol. The number of hydrogen-bond acceptors (Lipinski definition) is 6. The van der Waals surface area contributed by atoms with E-state index in [2.05, 4.69) is 104 Å². The van der Waals surface area contributed by atoms with E-state index in [1.165, 1.54) is 0 Å². The van der Waals surface area contributed by atoms with Gasteiger partial charge in [0.25, 0.3) is 8.32 Å². The lowest BCUT2D eigenvalue weighted by atomic mass is 9.43. The summed E-state index contributed by atoms with van der Waals surface area (Å²) in [6.07, 6.45) is 4.45. The Labute approximate surface area is 285 Å². The fourth-order valence-electron chi connectivity index (χ4n) is 10.6. The lowest BCUT2D eigenvalue weighted by Gasteiger charge is -2.63. The minimum absolute atomic E-state index is 0.0131. The van der Waals surface area contributed by atoms with Gasteiger partial charge in [-0.3, -0.25) is 0 Å². The van der Waals surface area contributed by atoms with E-state index in [1.54, 1.807) is 7.11 Å². The first-order valence-corrected chi connectivity index (χ1v) is 19.8. The minimum atomic E-state index is -2.93. The number of ether oxygens (including phenoxy) is 3. The van der Waals surface area contributed by atoms with Crippen LogP contribution in [0.1, 0.15) is 93.9 Å². The van der Waals surface area contributed by atoms with Gasteiger partial charge in [-0.2, -0.15) is 0 Å². The topological polar surface area (TPSA) is 74.2 Å². The Morgan fingerprint density at radius 3 is 2.06 bits per heavy atom. The first kappa shape index (κ1) is 36.3. The van der Waals surface area contributed by atoms with Crippen LogP contribution in [0.4, 0.5) is 0 Å². The van der Waals surface area contributed by atoms with E-state index in [4.69, 9.17) is 18.6 Å². The van der Waals surface area contributed by atoms with Gasteiger partial charge < -0.3 is 23.7 Å². The van der Waals surface area contributed by atoms with E-state index in [1.807, 2.05) is 12.1 Å². The molecular formula is C40H60O6Si. The summed E-state index contributed by atoms with van der Waals surface area (Å²) in [7, 11) is -1.26. The van der Waals surface area contributed by atoms with E-state index in [0.29, 0.717) is 6.42 Å². The van der Waals surface area contributed by atoms with Crippen molar-refractivity contribution in [2.45, 2.75) is 117 Å². The SMILES string of the molecule is CC[C@]1(C)C[C@@H](OC(=O)CO[Si](c2ccccc2)(c2ccccc2)C(C)(C)C)[C@@]2(C)C3C(O)CC[C@@]3(CC[C@H]2C)[C@@H](C)C1OCOC. The third-order valence-corrected chi connectivity index (χ3v) is 18.3. The predicted octanol–water partition coefficient (Wildman–Crippen LogP) is 7.11. The second-order valence-electron chi connectivity index (χ2n) is 16.5. The van der Waals surface area contributed by atoms with Crippen LogP contribution in [-0.2, 0) is 23.4 Å². The van der Waals surface area contributed by atoms with Crippen LogP contribution in [0.25, 0.3) is 0 Å². The van der Waals surface area contributed by atoms with E-state index in [-0.39, 0.29) is 59.1 Å². The van der Waals surface area contributed by atoms with Gasteiger partial charge in [-0.1, -0.05) is 116 Å². The molecule has 5 rings (SSSR count). The van der Waals surface area contributed by atoms with Crippen molar-refractivity contribution >= 4 is 24.7 Å². The maximum Gasteiger partial charge on any atom is 0.331 e. The Morgan fingerprint density at radius 1 is 0.957 bits per heavy atom. The summed E-state index contributed by atoms with van der Waals surface area (Å²) in [5.41, 5.74) is -0.740. The molecule has 2 bridgehead atoms. The number of carbonyl (C=O) groups is 1. The van der Waals surface area contributed by atoms with Gasteiger partial charge in [0.15, 0.2) is 0 Å². The molecule has 9 atom stereocenters. The Morgan fingerprint density at radius 2 is 1.53 bits per heavy atom. The summed E-state index contributed by atoms with van der Waals surface area (Å²) in [5.74, 6) is 0.195. The Hall–Kier alpha value is -2.03. The first-order chi connectivity index (χ1) is 22.2. The molecule has 0 amide bonds. The van der Waals surface area contributed by atoms with Crippen LogP contribution >= 0.6 is 0 Å². The molecule has 0 aliphatic heterocycles. The second-order valence-corrected chi connectivity index (χ2v) is 20.9. The summed E-state index contributed by atoms with van der Waals surface area (Å²) in [5, 5.41) is 13.8. The van der Waals surface area contributed by atoms with Crippen molar-refractivity contribution in [1.82, 2.24) is 0 Å². The van der Waals surface area contributed by atoms with Crippen LogP contribution in [0.2, 0.25) is 5.04 Å². The zero-order valence-electron chi connectivity index (χ0n) is 30.4. The fraction of sp³-hybridized carbons (Fsp3) is 0.675. The lowest BCUT2D eigenvalue weighted by Crippen LogP contribution is -2.67. The van der Waals surface area contributed by atoms with Crippen LogP contribution in [0.15, 0.2) is 60.7 Å². The summed E-state index contributed by atoms with van der Waals surface area (Å²) < 4.78 is 25.9. The minimum Gasteiger partial charge on any atom is -0.460 e. The van der Waals surface area contributed by atoms with Gasteiger partial charge in [-0.05, 0) is 82.5 Å². The van der Waals surface area contributed by atoms with Gasteiger partial charge in [0, 0.05) is 12.5 Å². The average Bonchev–Trinajstić information content (AvgIpc) is 3.41. The van der Waals surface area contributed by atoms with Crippen molar-refractivity contribution in [3.8, 4) is 0 Å². The van der Waals surface area contributed by atoms with Crippen molar-refractivity contribution in [3.63, 3.8) is 0 Å². The number of esters is 1. The largest absolute Gasteiger partial charge is 0.460 e. The van der Waals surface area contributed by atoms with Crippen molar-refractivity contribution in [1.29, 1.82) is 0 Å². The van der Waals surface area contributed by atoms with Crippen LogP contribution in [0.3, 0.4) is 0 Å². The third kappa shape index (κ3) is 6.07.